The van der Waals surface area contributed by atoms with E-state index < -0.39 is 0 Å². The molecule has 6 nitrogen and oxygen atoms in total. The van der Waals surface area contributed by atoms with Crippen LogP contribution in [0.1, 0.15) is 31.7 Å². The van der Waals surface area contributed by atoms with Crippen LogP contribution in [-0.2, 0) is 11.3 Å². The van der Waals surface area contributed by atoms with Gasteiger partial charge in [-0.15, -0.1) is 24.8 Å². The molecular weight excluding hydrogens is 413 g/mol. The number of nitrogens with one attached hydrogen (secondary N) is 1. The van der Waals surface area contributed by atoms with Gasteiger partial charge in [0.1, 0.15) is 0 Å². The SMILES string of the molecule is CC1(C(=O)N2CCN(Cc3ccc4c(c3)OCO4)CC2)CC12CCNCC2.Cl.Cl. The molecule has 3 heterocycles. The van der Waals surface area contributed by atoms with Crippen LogP contribution in [0.2, 0.25) is 0 Å². The zero-order valence-corrected chi connectivity index (χ0v) is 18.6. The number of nitrogens with zero attached hydrogens (tertiary/aromatic N) is 2. The third kappa shape index (κ3) is 3.92. The molecule has 1 saturated carbocycles. The molecule has 8 heteroatoms. The van der Waals surface area contributed by atoms with E-state index in [1.165, 1.54) is 5.56 Å². The predicted molar refractivity (Wildman–Crippen MR) is 116 cm³/mol. The molecule has 1 aromatic rings. The van der Waals surface area contributed by atoms with Crippen LogP contribution in [0.3, 0.4) is 0 Å². The Labute approximate surface area is 185 Å². The Morgan fingerprint density at radius 2 is 1.76 bits per heavy atom. The maximum absolute atomic E-state index is 13.2. The van der Waals surface area contributed by atoms with Crippen molar-refractivity contribution in [1.82, 2.24) is 15.1 Å². The number of piperazine rings is 1. The third-order valence-corrected chi connectivity index (χ3v) is 7.27. The summed E-state index contributed by atoms with van der Waals surface area (Å²) in [7, 11) is 0. The average molecular weight is 444 g/mol. The topological polar surface area (TPSA) is 54.0 Å². The smallest absolute Gasteiger partial charge is 0.231 e. The summed E-state index contributed by atoms with van der Waals surface area (Å²) >= 11 is 0. The third-order valence-electron chi connectivity index (χ3n) is 7.27. The molecule has 2 saturated heterocycles. The molecule has 0 aromatic heterocycles. The van der Waals surface area contributed by atoms with Gasteiger partial charge < -0.3 is 19.7 Å². The van der Waals surface area contributed by atoms with Gasteiger partial charge in [-0.2, -0.15) is 0 Å². The van der Waals surface area contributed by atoms with E-state index >= 15 is 0 Å². The van der Waals surface area contributed by atoms with E-state index in [9.17, 15) is 4.79 Å². The second-order valence-electron chi connectivity index (χ2n) is 8.80. The number of fused-ring (bicyclic) bond motifs is 1. The first kappa shape index (κ1) is 22.5. The lowest BCUT2D eigenvalue weighted by molar-refractivity contribution is -0.140. The fraction of sp³-hybridized carbons (Fsp3) is 0.667. The van der Waals surface area contributed by atoms with E-state index in [1.54, 1.807) is 0 Å². The van der Waals surface area contributed by atoms with Crippen LogP contribution < -0.4 is 14.8 Å². The van der Waals surface area contributed by atoms with Gasteiger partial charge in [-0.3, -0.25) is 9.69 Å². The molecule has 3 aliphatic heterocycles. The molecule has 162 valence electrons. The summed E-state index contributed by atoms with van der Waals surface area (Å²) in [6.07, 6.45) is 3.39. The van der Waals surface area contributed by atoms with Gasteiger partial charge in [-0.1, -0.05) is 13.0 Å². The molecule has 5 rings (SSSR count). The van der Waals surface area contributed by atoms with E-state index in [-0.39, 0.29) is 35.6 Å². The Bertz CT molecular complexity index is 749. The Balaban J connectivity index is 0.00000120. The lowest BCUT2D eigenvalue weighted by Crippen LogP contribution is -2.51. The van der Waals surface area contributed by atoms with E-state index in [2.05, 4.69) is 34.2 Å². The van der Waals surface area contributed by atoms with E-state index in [0.29, 0.717) is 12.7 Å². The van der Waals surface area contributed by atoms with Crippen molar-refractivity contribution < 1.29 is 14.3 Å². The van der Waals surface area contributed by atoms with Crippen LogP contribution in [0.15, 0.2) is 18.2 Å². The van der Waals surface area contributed by atoms with Crippen LogP contribution in [0.25, 0.3) is 0 Å². The molecule has 1 aliphatic carbocycles. The first-order chi connectivity index (χ1) is 13.1. The Morgan fingerprint density at radius 3 is 2.48 bits per heavy atom. The summed E-state index contributed by atoms with van der Waals surface area (Å²) in [6, 6.07) is 6.17. The van der Waals surface area contributed by atoms with E-state index in [0.717, 1.165) is 76.6 Å². The van der Waals surface area contributed by atoms with Gasteiger partial charge in [0, 0.05) is 32.7 Å². The molecule has 1 N–H and O–H groups in total. The molecule has 1 aromatic carbocycles. The van der Waals surface area contributed by atoms with Crippen LogP contribution in [0.4, 0.5) is 0 Å². The Kier molecular flexibility index (Phi) is 6.59. The van der Waals surface area contributed by atoms with Gasteiger partial charge in [0.2, 0.25) is 12.7 Å². The lowest BCUT2D eigenvalue weighted by Gasteiger charge is -2.37. The summed E-state index contributed by atoms with van der Waals surface area (Å²) in [5.74, 6) is 2.07. The van der Waals surface area contributed by atoms with Crippen LogP contribution in [-0.4, -0.2) is 61.8 Å². The van der Waals surface area contributed by atoms with Crippen molar-refractivity contribution in [2.24, 2.45) is 10.8 Å². The number of ether oxygens (including phenoxy) is 2. The predicted octanol–water partition coefficient (Wildman–Crippen LogP) is 2.68. The van der Waals surface area contributed by atoms with Crippen LogP contribution in [0.5, 0.6) is 11.5 Å². The van der Waals surface area contributed by atoms with Gasteiger partial charge >= 0.3 is 0 Å². The van der Waals surface area contributed by atoms with Crippen molar-refractivity contribution in [2.75, 3.05) is 46.1 Å². The van der Waals surface area contributed by atoms with Crippen molar-refractivity contribution in [1.29, 1.82) is 0 Å². The molecule has 1 unspecified atom stereocenters. The molecule has 3 fully saturated rings. The van der Waals surface area contributed by atoms with E-state index in [4.69, 9.17) is 9.47 Å². The number of rotatable bonds is 3. The highest BCUT2D eigenvalue weighted by Gasteiger charge is 2.68. The molecule has 0 bridgehead atoms. The summed E-state index contributed by atoms with van der Waals surface area (Å²) in [4.78, 5) is 17.8. The molecule has 4 aliphatic rings. The number of piperidine rings is 1. The summed E-state index contributed by atoms with van der Waals surface area (Å²) in [6.45, 7) is 9.09. The highest BCUT2D eigenvalue weighted by Crippen LogP contribution is 2.69. The highest BCUT2D eigenvalue weighted by atomic mass is 35.5. The minimum absolute atomic E-state index is 0. The van der Waals surface area contributed by atoms with Crippen LogP contribution in [0, 0.1) is 10.8 Å². The maximum Gasteiger partial charge on any atom is 0.231 e. The van der Waals surface area contributed by atoms with Crippen LogP contribution >= 0.6 is 24.8 Å². The van der Waals surface area contributed by atoms with Gasteiger partial charge in [-0.25, -0.2) is 0 Å². The summed E-state index contributed by atoms with van der Waals surface area (Å²) in [5, 5.41) is 3.43. The number of amides is 1. The largest absolute Gasteiger partial charge is 0.454 e. The minimum Gasteiger partial charge on any atom is -0.454 e. The number of hydrogen-bond acceptors (Lipinski definition) is 5. The standard InChI is InChI=1S/C21H29N3O3.2ClH/c1-20(14-21(20)4-6-22-7-5-21)19(25)24-10-8-23(9-11-24)13-16-2-3-17-18(12-16)27-15-26-17;;/h2-3,12,22H,4-11,13-15H2,1H3;2*1H. The van der Waals surface area contributed by atoms with Crippen molar-refractivity contribution in [3.8, 4) is 11.5 Å². The number of halogens is 2. The van der Waals surface area contributed by atoms with Crippen molar-refractivity contribution in [3.63, 3.8) is 0 Å². The molecule has 29 heavy (non-hydrogen) atoms. The molecule has 1 amide bonds. The summed E-state index contributed by atoms with van der Waals surface area (Å²) in [5.41, 5.74) is 1.40. The molecule has 1 atom stereocenters. The fourth-order valence-corrected chi connectivity index (χ4v) is 5.32. The first-order valence-corrected chi connectivity index (χ1v) is 10.2. The van der Waals surface area contributed by atoms with Crippen molar-refractivity contribution in [2.45, 2.75) is 32.7 Å². The lowest BCUT2D eigenvalue weighted by atomic mass is 9.85. The number of carbonyl (C=O) groups is 1. The van der Waals surface area contributed by atoms with Crippen molar-refractivity contribution in [3.05, 3.63) is 23.8 Å². The molecule has 0 radical (unpaired) electrons. The van der Waals surface area contributed by atoms with E-state index in [1.807, 2.05) is 6.07 Å². The highest BCUT2D eigenvalue weighted by molar-refractivity contribution is 5.87. The van der Waals surface area contributed by atoms with Gasteiger partial charge in [0.15, 0.2) is 11.5 Å². The zero-order chi connectivity index (χ0) is 18.5. The maximum atomic E-state index is 13.2. The number of hydrogen-bond donors (Lipinski definition) is 1. The van der Waals surface area contributed by atoms with Gasteiger partial charge in [-0.05, 0) is 55.5 Å². The average Bonchev–Trinajstić information content (AvgIpc) is 3.04. The molecule has 1 spiro atoms. The second kappa shape index (κ2) is 8.50. The first-order valence-electron chi connectivity index (χ1n) is 10.2. The number of carbonyl (C=O) groups excluding carboxylic acids is 1. The number of benzene rings is 1. The quantitative estimate of drug-likeness (QED) is 0.777. The summed E-state index contributed by atoms with van der Waals surface area (Å²) < 4.78 is 10.9. The molecular formula is C21H31Cl2N3O3. The Hall–Kier alpha value is -1.21. The Morgan fingerprint density at radius 1 is 1.07 bits per heavy atom. The van der Waals surface area contributed by atoms with Gasteiger partial charge in [0.05, 0.1) is 5.41 Å². The zero-order valence-electron chi connectivity index (χ0n) is 16.9. The normalized spacial score (nSPS) is 27.1. The fourth-order valence-electron chi connectivity index (χ4n) is 5.32. The van der Waals surface area contributed by atoms with Gasteiger partial charge in [0.25, 0.3) is 0 Å². The second-order valence-corrected chi connectivity index (χ2v) is 8.80. The minimum atomic E-state index is -0.116. The van der Waals surface area contributed by atoms with Crippen molar-refractivity contribution >= 4 is 30.7 Å². The monoisotopic (exact) mass is 443 g/mol.